The van der Waals surface area contributed by atoms with Crippen molar-refractivity contribution in [1.82, 2.24) is 4.90 Å². The number of likely N-dealkylation sites (tertiary alicyclic amines) is 1. The van der Waals surface area contributed by atoms with E-state index in [0.29, 0.717) is 0 Å². The number of anilines is 1. The molecular formula is C18H28N2O. The van der Waals surface area contributed by atoms with Crippen molar-refractivity contribution in [3.05, 3.63) is 29.3 Å². The summed E-state index contributed by atoms with van der Waals surface area (Å²) < 4.78 is 0. The summed E-state index contributed by atoms with van der Waals surface area (Å²) in [4.78, 5) is 14.9. The van der Waals surface area contributed by atoms with Crippen LogP contribution >= 0.6 is 0 Å². The smallest absolute Gasteiger partial charge is 0.241 e. The number of hydrogen-bond acceptors (Lipinski definition) is 2. The van der Waals surface area contributed by atoms with Crippen molar-refractivity contribution in [1.29, 1.82) is 0 Å². The second kappa shape index (κ2) is 7.60. The predicted molar refractivity (Wildman–Crippen MR) is 88.7 cm³/mol. The fourth-order valence-corrected chi connectivity index (χ4v) is 3.06. The van der Waals surface area contributed by atoms with Crippen molar-refractivity contribution in [3.63, 3.8) is 0 Å². The molecule has 1 aromatic carbocycles. The second-order valence-corrected chi connectivity index (χ2v) is 6.24. The lowest BCUT2D eigenvalue weighted by molar-refractivity contribution is -0.120. The topological polar surface area (TPSA) is 32.3 Å². The molecule has 1 N–H and O–H groups in total. The highest BCUT2D eigenvalue weighted by atomic mass is 16.2. The lowest BCUT2D eigenvalue weighted by Crippen LogP contribution is -2.43. The molecule has 116 valence electrons. The fourth-order valence-electron chi connectivity index (χ4n) is 3.06. The van der Waals surface area contributed by atoms with E-state index in [1.54, 1.807) is 0 Å². The van der Waals surface area contributed by atoms with E-state index in [4.69, 9.17) is 0 Å². The maximum Gasteiger partial charge on any atom is 0.241 e. The third-order valence-electron chi connectivity index (χ3n) is 4.55. The number of aryl methyl sites for hydroxylation is 2. The summed E-state index contributed by atoms with van der Waals surface area (Å²) >= 11 is 0. The summed E-state index contributed by atoms with van der Waals surface area (Å²) in [5.74, 6) is 0.118. The highest BCUT2D eigenvalue weighted by Crippen LogP contribution is 2.20. The predicted octanol–water partition coefficient (Wildman–Crippen LogP) is 3.90. The van der Waals surface area contributed by atoms with Gasteiger partial charge < -0.3 is 5.32 Å². The summed E-state index contributed by atoms with van der Waals surface area (Å²) in [6, 6.07) is 6.07. The number of nitrogens with one attached hydrogen (secondary N) is 1. The Hall–Kier alpha value is -1.35. The van der Waals surface area contributed by atoms with Crippen molar-refractivity contribution in [3.8, 4) is 0 Å². The Kier molecular flexibility index (Phi) is 5.80. The van der Waals surface area contributed by atoms with Crippen LogP contribution in [0, 0.1) is 13.8 Å². The molecule has 3 nitrogen and oxygen atoms in total. The normalized spacial score (nSPS) is 18.6. The average molecular weight is 288 g/mol. The second-order valence-electron chi connectivity index (χ2n) is 6.24. The minimum Gasteiger partial charge on any atom is -0.324 e. The fraction of sp³-hybridized carbons (Fsp3) is 0.611. The van der Waals surface area contributed by atoms with E-state index in [9.17, 15) is 4.79 Å². The number of carbonyl (C=O) groups is 1. The van der Waals surface area contributed by atoms with Gasteiger partial charge in [-0.3, -0.25) is 9.69 Å². The molecule has 1 amide bonds. The summed E-state index contributed by atoms with van der Waals surface area (Å²) in [6.45, 7) is 8.21. The Balaban J connectivity index is 2.01. The molecule has 1 aromatic rings. The Morgan fingerprint density at radius 2 is 1.57 bits per heavy atom. The van der Waals surface area contributed by atoms with Gasteiger partial charge in [0.05, 0.1) is 6.04 Å². The van der Waals surface area contributed by atoms with Crippen molar-refractivity contribution < 1.29 is 4.79 Å². The molecule has 0 saturated carbocycles. The van der Waals surface area contributed by atoms with E-state index in [0.717, 1.165) is 29.9 Å². The highest BCUT2D eigenvalue weighted by molar-refractivity contribution is 5.95. The first kappa shape index (κ1) is 16.0. The van der Waals surface area contributed by atoms with E-state index < -0.39 is 0 Å². The molecule has 3 heteroatoms. The van der Waals surface area contributed by atoms with E-state index in [-0.39, 0.29) is 11.9 Å². The molecule has 0 unspecified atom stereocenters. The van der Waals surface area contributed by atoms with Crippen molar-refractivity contribution >= 4 is 11.6 Å². The van der Waals surface area contributed by atoms with Gasteiger partial charge in [0.1, 0.15) is 0 Å². The molecule has 2 rings (SSSR count). The van der Waals surface area contributed by atoms with Crippen LogP contribution in [0.4, 0.5) is 5.69 Å². The number of nitrogens with zero attached hydrogens (tertiary/aromatic N) is 1. The van der Waals surface area contributed by atoms with E-state index in [1.165, 1.54) is 32.1 Å². The number of para-hydroxylation sites is 1. The molecule has 0 aromatic heterocycles. The Bertz CT molecular complexity index is 456. The largest absolute Gasteiger partial charge is 0.324 e. The Labute approximate surface area is 128 Å². The lowest BCUT2D eigenvalue weighted by Gasteiger charge is -2.30. The van der Waals surface area contributed by atoms with Gasteiger partial charge >= 0.3 is 0 Å². The van der Waals surface area contributed by atoms with E-state index >= 15 is 0 Å². The average Bonchev–Trinajstić information content (AvgIpc) is 2.42. The first-order chi connectivity index (χ1) is 10.1. The standard InChI is InChI=1S/C18H28N2O/c1-14-10-9-11-15(2)17(14)19-18(21)16(3)20-12-7-5-4-6-8-13-20/h9-11,16H,4-8,12-13H2,1-3H3,(H,19,21)/t16-/m1/s1. The van der Waals surface area contributed by atoms with Crippen LogP contribution in [0.25, 0.3) is 0 Å². The lowest BCUT2D eigenvalue weighted by atomic mass is 10.1. The minimum atomic E-state index is -0.0536. The van der Waals surface area contributed by atoms with Crippen LogP contribution in [0.15, 0.2) is 18.2 Å². The van der Waals surface area contributed by atoms with Crippen LogP contribution in [-0.4, -0.2) is 29.9 Å². The van der Waals surface area contributed by atoms with Gasteiger partial charge in [-0.1, -0.05) is 37.5 Å². The minimum absolute atomic E-state index is 0.0536. The number of benzene rings is 1. The molecule has 0 bridgehead atoms. The molecule has 21 heavy (non-hydrogen) atoms. The van der Waals surface area contributed by atoms with Crippen LogP contribution in [0.2, 0.25) is 0 Å². The van der Waals surface area contributed by atoms with Crippen LogP contribution in [-0.2, 0) is 4.79 Å². The van der Waals surface area contributed by atoms with Crippen molar-refractivity contribution in [2.75, 3.05) is 18.4 Å². The third kappa shape index (κ3) is 4.31. The molecule has 1 aliphatic rings. The summed E-state index contributed by atoms with van der Waals surface area (Å²) in [5.41, 5.74) is 3.23. The van der Waals surface area contributed by atoms with Gasteiger partial charge in [-0.2, -0.15) is 0 Å². The van der Waals surface area contributed by atoms with Crippen LogP contribution in [0.3, 0.4) is 0 Å². The molecule has 1 saturated heterocycles. The van der Waals surface area contributed by atoms with Crippen molar-refractivity contribution in [2.24, 2.45) is 0 Å². The molecule has 0 spiro atoms. The van der Waals surface area contributed by atoms with Gasteiger partial charge in [-0.25, -0.2) is 0 Å². The highest BCUT2D eigenvalue weighted by Gasteiger charge is 2.22. The van der Waals surface area contributed by atoms with Gasteiger partial charge in [0.15, 0.2) is 0 Å². The van der Waals surface area contributed by atoms with E-state index in [1.807, 2.05) is 39.0 Å². The molecule has 0 radical (unpaired) electrons. The molecule has 1 atom stereocenters. The van der Waals surface area contributed by atoms with Crippen LogP contribution in [0.5, 0.6) is 0 Å². The Morgan fingerprint density at radius 3 is 2.14 bits per heavy atom. The maximum absolute atomic E-state index is 12.6. The monoisotopic (exact) mass is 288 g/mol. The zero-order valence-electron chi connectivity index (χ0n) is 13.6. The van der Waals surface area contributed by atoms with Gasteiger partial charge in [0.25, 0.3) is 0 Å². The van der Waals surface area contributed by atoms with Gasteiger partial charge in [0, 0.05) is 5.69 Å². The van der Waals surface area contributed by atoms with Crippen LogP contribution in [0.1, 0.15) is 50.2 Å². The SMILES string of the molecule is Cc1cccc(C)c1NC(=O)[C@@H](C)N1CCCCCCC1. The number of carbonyl (C=O) groups excluding carboxylic acids is 1. The molecule has 1 heterocycles. The number of amides is 1. The third-order valence-corrected chi connectivity index (χ3v) is 4.55. The zero-order chi connectivity index (χ0) is 15.2. The first-order valence-corrected chi connectivity index (χ1v) is 8.20. The van der Waals surface area contributed by atoms with Gasteiger partial charge in [-0.15, -0.1) is 0 Å². The first-order valence-electron chi connectivity index (χ1n) is 8.20. The molecule has 1 fully saturated rings. The van der Waals surface area contributed by atoms with Crippen molar-refractivity contribution in [2.45, 2.75) is 58.9 Å². The molecular weight excluding hydrogens is 260 g/mol. The van der Waals surface area contributed by atoms with Gasteiger partial charge in [0.2, 0.25) is 5.91 Å². The zero-order valence-corrected chi connectivity index (χ0v) is 13.6. The summed E-state index contributed by atoms with van der Waals surface area (Å²) in [7, 11) is 0. The summed E-state index contributed by atoms with van der Waals surface area (Å²) in [6.07, 6.45) is 6.35. The van der Waals surface area contributed by atoms with Crippen LogP contribution < -0.4 is 5.32 Å². The molecule has 0 aliphatic carbocycles. The summed E-state index contributed by atoms with van der Waals surface area (Å²) in [5, 5.41) is 3.13. The van der Waals surface area contributed by atoms with E-state index in [2.05, 4.69) is 10.2 Å². The van der Waals surface area contributed by atoms with Gasteiger partial charge in [-0.05, 0) is 57.8 Å². The maximum atomic E-state index is 12.6. The number of rotatable bonds is 3. The Morgan fingerprint density at radius 1 is 1.05 bits per heavy atom. The molecule has 1 aliphatic heterocycles. The quantitative estimate of drug-likeness (QED) is 0.915. The number of hydrogen-bond donors (Lipinski definition) is 1.